The summed E-state index contributed by atoms with van der Waals surface area (Å²) in [4.78, 5) is 14.2. The van der Waals surface area contributed by atoms with Crippen LogP contribution in [0.15, 0.2) is 48.5 Å². The van der Waals surface area contributed by atoms with Crippen molar-refractivity contribution in [3.8, 4) is 0 Å². The Kier molecular flexibility index (Phi) is 4.01. The molecule has 3 heteroatoms. The fourth-order valence-electron chi connectivity index (χ4n) is 4.08. The molecule has 0 unspecified atom stereocenters. The molecule has 4 rings (SSSR count). The topological polar surface area (TPSA) is 25.2 Å². The number of hydrogen-bond acceptors (Lipinski definition) is 1. The average Bonchev–Trinajstić information content (AvgIpc) is 2.92. The van der Waals surface area contributed by atoms with E-state index in [1.807, 2.05) is 0 Å². The molecule has 1 saturated heterocycles. The number of rotatable bonds is 4. The molecule has 24 heavy (non-hydrogen) atoms. The van der Waals surface area contributed by atoms with Crippen LogP contribution in [0.4, 0.5) is 0 Å². The summed E-state index contributed by atoms with van der Waals surface area (Å²) in [6, 6.07) is 17.6. The minimum atomic E-state index is 0.330. The van der Waals surface area contributed by atoms with Crippen molar-refractivity contribution in [1.82, 2.24) is 9.47 Å². The van der Waals surface area contributed by atoms with Crippen LogP contribution in [-0.2, 0) is 11.3 Å². The molecule has 0 bridgehead atoms. The maximum absolute atomic E-state index is 12.1. The van der Waals surface area contributed by atoms with E-state index in [-0.39, 0.29) is 0 Å². The minimum absolute atomic E-state index is 0.330. The zero-order chi connectivity index (χ0) is 16.5. The molecule has 124 valence electrons. The Morgan fingerprint density at radius 2 is 1.58 bits per heavy atom. The van der Waals surface area contributed by atoms with Gasteiger partial charge in [-0.05, 0) is 38.3 Å². The summed E-state index contributed by atoms with van der Waals surface area (Å²) in [7, 11) is 0. The number of fused-ring (bicyclic) bond motifs is 3. The number of aromatic nitrogens is 1. The molecule has 0 spiro atoms. The first-order valence-corrected chi connectivity index (χ1v) is 9.01. The van der Waals surface area contributed by atoms with Crippen molar-refractivity contribution in [1.29, 1.82) is 0 Å². The molecule has 3 nitrogen and oxygen atoms in total. The summed E-state index contributed by atoms with van der Waals surface area (Å²) in [6.45, 7) is 3.99. The Labute approximate surface area is 142 Å². The molecule has 1 fully saturated rings. The third-order valence-corrected chi connectivity index (χ3v) is 5.33. The van der Waals surface area contributed by atoms with E-state index < -0.39 is 0 Å². The highest BCUT2D eigenvalue weighted by Gasteiger charge is 2.24. The second-order valence-corrected chi connectivity index (χ2v) is 6.87. The summed E-state index contributed by atoms with van der Waals surface area (Å²) in [6.07, 6.45) is 3.91. The Morgan fingerprint density at radius 1 is 0.958 bits per heavy atom. The normalized spacial score (nSPS) is 18.6. The van der Waals surface area contributed by atoms with Crippen LogP contribution in [0.25, 0.3) is 21.8 Å². The SMILES string of the molecule is C[C@H]1CCCC(=O)N1CCCn1c2ccccc2c2ccccc21. The number of carbonyl (C=O) groups excluding carboxylic acids is 1. The van der Waals surface area contributed by atoms with Crippen LogP contribution >= 0.6 is 0 Å². The maximum Gasteiger partial charge on any atom is 0.222 e. The van der Waals surface area contributed by atoms with Gasteiger partial charge in [0.2, 0.25) is 5.91 Å². The Bertz CT molecular complexity index is 827. The highest BCUT2D eigenvalue weighted by atomic mass is 16.2. The van der Waals surface area contributed by atoms with E-state index in [1.165, 1.54) is 21.8 Å². The number of aryl methyl sites for hydroxylation is 1. The van der Waals surface area contributed by atoms with Gasteiger partial charge in [-0.2, -0.15) is 0 Å². The Morgan fingerprint density at radius 3 is 2.21 bits per heavy atom. The van der Waals surface area contributed by atoms with Gasteiger partial charge in [-0.1, -0.05) is 36.4 Å². The number of likely N-dealkylation sites (tertiary alicyclic amines) is 1. The van der Waals surface area contributed by atoms with Crippen LogP contribution < -0.4 is 0 Å². The van der Waals surface area contributed by atoms with Gasteiger partial charge < -0.3 is 9.47 Å². The molecule has 2 heterocycles. The standard InChI is InChI=1S/C21H24N2O/c1-16-8-6-13-21(24)22(16)14-7-15-23-19-11-4-2-9-17(19)18-10-3-5-12-20(18)23/h2-5,9-12,16H,6-8,13-15H2,1H3/t16-/m0/s1. The van der Waals surface area contributed by atoms with Gasteiger partial charge in [0.25, 0.3) is 0 Å². The molecule has 1 atom stereocenters. The highest BCUT2D eigenvalue weighted by molar-refractivity contribution is 6.07. The quantitative estimate of drug-likeness (QED) is 0.690. The second-order valence-electron chi connectivity index (χ2n) is 6.87. The van der Waals surface area contributed by atoms with E-state index in [1.54, 1.807) is 0 Å². The lowest BCUT2D eigenvalue weighted by atomic mass is 10.0. The highest BCUT2D eigenvalue weighted by Crippen LogP contribution is 2.29. The van der Waals surface area contributed by atoms with Gasteiger partial charge in [0.1, 0.15) is 0 Å². The van der Waals surface area contributed by atoms with Gasteiger partial charge >= 0.3 is 0 Å². The molecule has 0 radical (unpaired) electrons. The summed E-state index contributed by atoms with van der Waals surface area (Å²) in [5, 5.41) is 2.63. The number of hydrogen-bond donors (Lipinski definition) is 0. The third-order valence-electron chi connectivity index (χ3n) is 5.33. The van der Waals surface area contributed by atoms with Crippen molar-refractivity contribution in [2.24, 2.45) is 0 Å². The van der Waals surface area contributed by atoms with Crippen molar-refractivity contribution >= 4 is 27.7 Å². The van der Waals surface area contributed by atoms with E-state index in [0.717, 1.165) is 38.8 Å². The fourth-order valence-corrected chi connectivity index (χ4v) is 4.08. The molecule has 0 aliphatic carbocycles. The maximum atomic E-state index is 12.1. The number of piperidine rings is 1. The van der Waals surface area contributed by atoms with Gasteiger partial charge in [-0.3, -0.25) is 4.79 Å². The number of amides is 1. The minimum Gasteiger partial charge on any atom is -0.340 e. The van der Waals surface area contributed by atoms with E-state index in [0.29, 0.717) is 11.9 Å². The van der Waals surface area contributed by atoms with Gasteiger partial charge in [0.15, 0.2) is 0 Å². The van der Waals surface area contributed by atoms with E-state index in [4.69, 9.17) is 0 Å². The van der Waals surface area contributed by atoms with Crippen molar-refractivity contribution in [2.75, 3.05) is 6.54 Å². The monoisotopic (exact) mass is 320 g/mol. The van der Waals surface area contributed by atoms with Crippen molar-refractivity contribution in [3.63, 3.8) is 0 Å². The molecule has 1 aliphatic heterocycles. The zero-order valence-electron chi connectivity index (χ0n) is 14.2. The largest absolute Gasteiger partial charge is 0.340 e. The lowest BCUT2D eigenvalue weighted by Gasteiger charge is -2.33. The summed E-state index contributed by atoms with van der Waals surface area (Å²) < 4.78 is 2.41. The predicted octanol–water partition coefficient (Wildman–Crippen LogP) is 4.59. The van der Waals surface area contributed by atoms with Crippen molar-refractivity contribution in [3.05, 3.63) is 48.5 Å². The molecule has 0 N–H and O–H groups in total. The van der Waals surface area contributed by atoms with Crippen LogP contribution in [-0.4, -0.2) is 28.0 Å². The van der Waals surface area contributed by atoms with Crippen LogP contribution in [0.3, 0.4) is 0 Å². The first kappa shape index (κ1) is 15.3. The number of nitrogens with zero attached hydrogens (tertiary/aromatic N) is 2. The first-order valence-electron chi connectivity index (χ1n) is 9.01. The molecular weight excluding hydrogens is 296 g/mol. The number of carbonyl (C=O) groups is 1. The molecule has 0 saturated carbocycles. The van der Waals surface area contributed by atoms with Crippen LogP contribution in [0.2, 0.25) is 0 Å². The van der Waals surface area contributed by atoms with E-state index in [9.17, 15) is 4.79 Å². The van der Waals surface area contributed by atoms with Gasteiger partial charge in [0, 0.05) is 47.4 Å². The second kappa shape index (κ2) is 6.31. The van der Waals surface area contributed by atoms with Crippen molar-refractivity contribution < 1.29 is 4.79 Å². The molecule has 2 aromatic carbocycles. The van der Waals surface area contributed by atoms with Gasteiger partial charge in [-0.25, -0.2) is 0 Å². The number of benzene rings is 2. The van der Waals surface area contributed by atoms with E-state index >= 15 is 0 Å². The molecule has 3 aromatic rings. The summed E-state index contributed by atoms with van der Waals surface area (Å²) in [5.74, 6) is 0.330. The van der Waals surface area contributed by atoms with Gasteiger partial charge in [0.05, 0.1) is 0 Å². The first-order chi connectivity index (χ1) is 11.8. The molecule has 1 aromatic heterocycles. The predicted molar refractivity (Wildman–Crippen MR) is 99.1 cm³/mol. The molecule has 1 amide bonds. The third kappa shape index (κ3) is 2.58. The van der Waals surface area contributed by atoms with Crippen LogP contribution in [0.1, 0.15) is 32.6 Å². The van der Waals surface area contributed by atoms with E-state index in [2.05, 4.69) is 64.9 Å². The number of para-hydroxylation sites is 2. The molecular formula is C21H24N2O. The van der Waals surface area contributed by atoms with Crippen LogP contribution in [0.5, 0.6) is 0 Å². The van der Waals surface area contributed by atoms with Crippen molar-refractivity contribution in [2.45, 2.75) is 45.2 Å². The Hall–Kier alpha value is -2.29. The van der Waals surface area contributed by atoms with Gasteiger partial charge in [-0.15, -0.1) is 0 Å². The average molecular weight is 320 g/mol. The molecule has 1 aliphatic rings. The lowest BCUT2D eigenvalue weighted by molar-refractivity contribution is -0.135. The summed E-state index contributed by atoms with van der Waals surface area (Å²) >= 11 is 0. The zero-order valence-corrected chi connectivity index (χ0v) is 14.2. The Balaban J connectivity index is 1.59. The smallest absolute Gasteiger partial charge is 0.222 e. The fraction of sp³-hybridized carbons (Fsp3) is 0.381. The summed E-state index contributed by atoms with van der Waals surface area (Å²) in [5.41, 5.74) is 2.58. The van der Waals surface area contributed by atoms with Crippen LogP contribution in [0, 0.1) is 0 Å². The lowest BCUT2D eigenvalue weighted by Crippen LogP contribution is -2.42.